The summed E-state index contributed by atoms with van der Waals surface area (Å²) in [4.78, 5) is 19.2. The third-order valence-corrected chi connectivity index (χ3v) is 6.76. The van der Waals surface area contributed by atoms with Crippen LogP contribution in [-0.4, -0.2) is 44.9 Å². The number of imidazole rings is 1. The lowest BCUT2D eigenvalue weighted by molar-refractivity contribution is -0.141. The van der Waals surface area contributed by atoms with Crippen LogP contribution in [0.15, 0.2) is 34.7 Å². The maximum Gasteiger partial charge on any atom is 0.433 e. The van der Waals surface area contributed by atoms with Gasteiger partial charge in [0.25, 0.3) is 15.6 Å². The van der Waals surface area contributed by atoms with Crippen LogP contribution >= 0.6 is 0 Å². The molecule has 1 aliphatic heterocycles. The summed E-state index contributed by atoms with van der Waals surface area (Å²) in [6.45, 7) is 4.54. The van der Waals surface area contributed by atoms with E-state index in [2.05, 4.69) is 9.97 Å². The second-order valence-corrected chi connectivity index (χ2v) is 9.25. The number of sulfonamides is 1. The SMILES string of the molecule is CC(C)n1cnc(S(=O)(=O)N2CCC(Cn3cnc(C(F)(F)F)cc3=O)CC2)c1. The minimum atomic E-state index is -4.67. The average molecular weight is 433 g/mol. The van der Waals surface area contributed by atoms with Crippen molar-refractivity contribution in [2.24, 2.45) is 5.92 Å². The standard InChI is InChI=1S/C17H22F3N5O3S/c1-12(2)23-9-15(22-11-23)29(27,28)25-5-3-13(4-6-25)8-24-10-21-14(7-16(24)26)17(18,19)20/h7,9-13H,3-6,8H2,1-2H3. The van der Waals surface area contributed by atoms with E-state index < -0.39 is 27.5 Å². The number of rotatable bonds is 5. The van der Waals surface area contributed by atoms with Crippen LogP contribution in [0.25, 0.3) is 0 Å². The van der Waals surface area contributed by atoms with Crippen molar-refractivity contribution in [3.05, 3.63) is 41.0 Å². The second kappa shape index (κ2) is 7.90. The smallest absolute Gasteiger partial charge is 0.334 e. The number of hydrogen-bond donors (Lipinski definition) is 0. The summed E-state index contributed by atoms with van der Waals surface area (Å²) in [6, 6.07) is 0.567. The second-order valence-electron chi connectivity index (χ2n) is 7.36. The number of piperidine rings is 1. The van der Waals surface area contributed by atoms with E-state index in [4.69, 9.17) is 0 Å². The van der Waals surface area contributed by atoms with Gasteiger partial charge in [-0.05, 0) is 32.6 Å². The minimum Gasteiger partial charge on any atom is -0.334 e. The predicted octanol–water partition coefficient (Wildman–Crippen LogP) is 2.14. The van der Waals surface area contributed by atoms with Crippen molar-refractivity contribution >= 4 is 10.0 Å². The first-order valence-corrected chi connectivity index (χ1v) is 10.6. The molecule has 0 radical (unpaired) electrons. The maximum absolute atomic E-state index is 12.8. The molecule has 2 aromatic rings. The molecule has 0 bridgehead atoms. The van der Waals surface area contributed by atoms with Crippen molar-refractivity contribution < 1.29 is 21.6 Å². The summed E-state index contributed by atoms with van der Waals surface area (Å²) in [7, 11) is -3.71. The Morgan fingerprint density at radius 3 is 2.34 bits per heavy atom. The van der Waals surface area contributed by atoms with Crippen LogP contribution in [0, 0.1) is 5.92 Å². The molecule has 0 spiro atoms. The molecule has 0 amide bonds. The van der Waals surface area contributed by atoms with Crippen LogP contribution in [0.5, 0.6) is 0 Å². The third-order valence-electron chi connectivity index (χ3n) is 4.98. The molecular weight excluding hydrogens is 411 g/mol. The normalized spacial score (nSPS) is 17.2. The summed E-state index contributed by atoms with van der Waals surface area (Å²) in [5.41, 5.74) is -2.00. The zero-order valence-corrected chi connectivity index (χ0v) is 16.8. The van der Waals surface area contributed by atoms with Crippen LogP contribution in [-0.2, 0) is 22.7 Å². The van der Waals surface area contributed by atoms with Crippen molar-refractivity contribution in [3.63, 3.8) is 0 Å². The van der Waals surface area contributed by atoms with Crippen molar-refractivity contribution in [2.45, 2.75) is 50.5 Å². The molecule has 8 nitrogen and oxygen atoms in total. The van der Waals surface area contributed by atoms with E-state index in [9.17, 15) is 26.4 Å². The Balaban J connectivity index is 1.64. The van der Waals surface area contributed by atoms with Gasteiger partial charge in [-0.2, -0.15) is 17.5 Å². The lowest BCUT2D eigenvalue weighted by atomic mass is 9.98. The quantitative estimate of drug-likeness (QED) is 0.721. The predicted molar refractivity (Wildman–Crippen MR) is 97.6 cm³/mol. The van der Waals surface area contributed by atoms with Crippen molar-refractivity contribution in [2.75, 3.05) is 13.1 Å². The Bertz CT molecular complexity index is 1020. The lowest BCUT2D eigenvalue weighted by Gasteiger charge is -2.30. The van der Waals surface area contributed by atoms with Gasteiger partial charge in [-0.25, -0.2) is 18.4 Å². The lowest BCUT2D eigenvalue weighted by Crippen LogP contribution is -2.40. The summed E-state index contributed by atoms with van der Waals surface area (Å²) < 4.78 is 67.6. The molecule has 12 heteroatoms. The molecule has 0 saturated carbocycles. The molecular formula is C17H22F3N5O3S. The highest BCUT2D eigenvalue weighted by Gasteiger charge is 2.34. The van der Waals surface area contributed by atoms with Gasteiger partial charge in [-0.15, -0.1) is 0 Å². The Kier molecular flexibility index (Phi) is 5.86. The first kappa shape index (κ1) is 21.5. The van der Waals surface area contributed by atoms with Crippen LogP contribution in [0.2, 0.25) is 0 Å². The maximum atomic E-state index is 12.8. The minimum absolute atomic E-state index is 0.00666. The summed E-state index contributed by atoms with van der Waals surface area (Å²) >= 11 is 0. The molecule has 0 atom stereocenters. The first-order chi connectivity index (χ1) is 13.5. The van der Waals surface area contributed by atoms with Crippen LogP contribution in [0.3, 0.4) is 0 Å². The van der Waals surface area contributed by atoms with Gasteiger partial charge >= 0.3 is 6.18 Å². The van der Waals surface area contributed by atoms with Crippen LogP contribution < -0.4 is 5.56 Å². The van der Waals surface area contributed by atoms with Gasteiger partial charge in [0.05, 0.1) is 12.7 Å². The molecule has 1 aliphatic rings. The average Bonchev–Trinajstić information content (AvgIpc) is 3.14. The van der Waals surface area contributed by atoms with E-state index >= 15 is 0 Å². The zero-order chi connectivity index (χ0) is 21.4. The van der Waals surface area contributed by atoms with Gasteiger partial charge in [-0.3, -0.25) is 9.36 Å². The van der Waals surface area contributed by atoms with Gasteiger partial charge in [0, 0.05) is 37.9 Å². The van der Waals surface area contributed by atoms with Crippen molar-refractivity contribution in [3.8, 4) is 0 Å². The van der Waals surface area contributed by atoms with E-state index in [1.807, 2.05) is 13.8 Å². The molecule has 0 N–H and O–H groups in total. The van der Waals surface area contributed by atoms with Gasteiger partial charge in [0.15, 0.2) is 10.7 Å². The molecule has 0 aliphatic carbocycles. The summed E-state index contributed by atoms with van der Waals surface area (Å²) in [6.07, 6.45) is 0.177. The molecule has 0 unspecified atom stereocenters. The zero-order valence-electron chi connectivity index (χ0n) is 16.0. The Labute approximate surface area is 166 Å². The highest BCUT2D eigenvalue weighted by Crippen LogP contribution is 2.27. The number of hydrogen-bond acceptors (Lipinski definition) is 5. The Hall–Kier alpha value is -2.21. The van der Waals surface area contributed by atoms with E-state index in [1.165, 1.54) is 16.8 Å². The summed E-state index contributed by atoms with van der Waals surface area (Å²) in [5.74, 6) is -0.0362. The highest BCUT2D eigenvalue weighted by molar-refractivity contribution is 7.89. The van der Waals surface area contributed by atoms with E-state index in [1.54, 1.807) is 4.57 Å². The Morgan fingerprint density at radius 2 is 1.83 bits per heavy atom. The van der Waals surface area contributed by atoms with Crippen LogP contribution in [0.1, 0.15) is 38.4 Å². The highest BCUT2D eigenvalue weighted by atomic mass is 32.2. The molecule has 3 rings (SSSR count). The topological polar surface area (TPSA) is 90.1 Å². The van der Waals surface area contributed by atoms with Gasteiger partial charge in [0.1, 0.15) is 0 Å². The number of halogens is 3. The molecule has 3 heterocycles. The number of aromatic nitrogens is 4. The molecule has 29 heavy (non-hydrogen) atoms. The monoisotopic (exact) mass is 433 g/mol. The van der Waals surface area contributed by atoms with Crippen molar-refractivity contribution in [1.29, 1.82) is 0 Å². The molecule has 1 fully saturated rings. The molecule has 0 aromatic carbocycles. The fraction of sp³-hybridized carbons (Fsp3) is 0.588. The molecule has 2 aromatic heterocycles. The van der Waals surface area contributed by atoms with Gasteiger partial charge in [0.2, 0.25) is 0 Å². The molecule has 160 valence electrons. The van der Waals surface area contributed by atoms with E-state index in [-0.39, 0.29) is 36.6 Å². The van der Waals surface area contributed by atoms with Gasteiger partial charge < -0.3 is 4.57 Å². The van der Waals surface area contributed by atoms with Gasteiger partial charge in [-0.1, -0.05) is 0 Å². The van der Waals surface area contributed by atoms with E-state index in [0.29, 0.717) is 18.9 Å². The van der Waals surface area contributed by atoms with Crippen LogP contribution in [0.4, 0.5) is 13.2 Å². The largest absolute Gasteiger partial charge is 0.433 e. The van der Waals surface area contributed by atoms with E-state index in [0.717, 1.165) is 10.9 Å². The fourth-order valence-electron chi connectivity index (χ4n) is 3.19. The third kappa shape index (κ3) is 4.69. The fourth-order valence-corrected chi connectivity index (χ4v) is 4.59. The summed E-state index contributed by atoms with van der Waals surface area (Å²) in [5, 5.41) is -0.00666. The number of nitrogens with zero attached hydrogens (tertiary/aromatic N) is 5. The first-order valence-electron chi connectivity index (χ1n) is 9.16. The number of alkyl halides is 3. The Morgan fingerprint density at radius 1 is 1.17 bits per heavy atom. The molecule has 1 saturated heterocycles. The van der Waals surface area contributed by atoms with Crippen molar-refractivity contribution in [1.82, 2.24) is 23.4 Å².